The fourth-order valence-corrected chi connectivity index (χ4v) is 5.67. The number of thioether (sulfide) groups is 1. The van der Waals surface area contributed by atoms with Gasteiger partial charge in [-0.3, -0.25) is 9.98 Å². The maximum Gasteiger partial charge on any atom is 0.160 e. The molecule has 2 saturated heterocycles. The van der Waals surface area contributed by atoms with Crippen molar-refractivity contribution in [1.29, 1.82) is 0 Å². The molecule has 0 spiro atoms. The predicted molar refractivity (Wildman–Crippen MR) is 113 cm³/mol. The van der Waals surface area contributed by atoms with Gasteiger partial charge >= 0.3 is 0 Å². The van der Waals surface area contributed by atoms with Crippen molar-refractivity contribution in [3.63, 3.8) is 0 Å². The summed E-state index contributed by atoms with van der Waals surface area (Å²) in [4.78, 5) is 14.1. The molecule has 3 atom stereocenters. The van der Waals surface area contributed by atoms with Crippen molar-refractivity contribution in [1.82, 2.24) is 9.88 Å². The number of fused-ring (bicyclic) bond motifs is 1. The molecule has 5 rings (SSSR count). The van der Waals surface area contributed by atoms with Crippen LogP contribution in [0.25, 0.3) is 0 Å². The quantitative estimate of drug-likeness (QED) is 0.746. The number of rotatable bonds is 3. The molecule has 0 unspecified atom stereocenters. The number of hydrogen-bond acceptors (Lipinski definition) is 5. The van der Waals surface area contributed by atoms with Gasteiger partial charge in [-0.15, -0.1) is 0 Å². The van der Waals surface area contributed by atoms with Gasteiger partial charge in [-0.2, -0.15) is 0 Å². The van der Waals surface area contributed by atoms with Crippen LogP contribution in [-0.4, -0.2) is 39.9 Å². The molecule has 146 valence electrons. The van der Waals surface area contributed by atoms with E-state index in [2.05, 4.69) is 27.8 Å². The van der Waals surface area contributed by atoms with Gasteiger partial charge in [-0.25, -0.2) is 4.39 Å². The van der Waals surface area contributed by atoms with Gasteiger partial charge in [-0.05, 0) is 49.1 Å². The maximum atomic E-state index is 15.1. The molecule has 0 aliphatic carbocycles. The molecular weight excluding hydrogens is 371 g/mol. The van der Waals surface area contributed by atoms with E-state index in [0.717, 1.165) is 54.6 Å². The molecule has 0 N–H and O–H groups in total. The number of benzene rings is 1. The van der Waals surface area contributed by atoms with Crippen LogP contribution < -0.4 is 4.90 Å². The largest absolute Gasteiger partial charge is 0.369 e. The van der Waals surface area contributed by atoms with E-state index in [0.29, 0.717) is 5.25 Å². The summed E-state index contributed by atoms with van der Waals surface area (Å²) in [5.74, 6) is -0.118. The van der Waals surface area contributed by atoms with Crippen molar-refractivity contribution < 1.29 is 4.39 Å². The van der Waals surface area contributed by atoms with Crippen molar-refractivity contribution >= 4 is 22.6 Å². The number of halogens is 1. The Morgan fingerprint density at radius 1 is 1.11 bits per heavy atom. The number of aliphatic imine (C=N–C) groups is 1. The minimum atomic E-state index is -0.118. The summed E-state index contributed by atoms with van der Waals surface area (Å²) < 4.78 is 15.1. The Labute approximate surface area is 169 Å². The molecule has 2 aromatic rings. The summed E-state index contributed by atoms with van der Waals surface area (Å²) in [6, 6.07) is 11.7. The zero-order valence-electron chi connectivity index (χ0n) is 16.1. The molecule has 4 nitrogen and oxygen atoms in total. The third-order valence-corrected chi connectivity index (χ3v) is 6.99. The minimum absolute atomic E-state index is 0.00672. The highest BCUT2D eigenvalue weighted by Gasteiger charge is 2.43. The topological polar surface area (TPSA) is 31.7 Å². The van der Waals surface area contributed by atoms with Gasteiger partial charge in [0.2, 0.25) is 0 Å². The zero-order chi connectivity index (χ0) is 19.1. The van der Waals surface area contributed by atoms with Gasteiger partial charge in [0.25, 0.3) is 0 Å². The summed E-state index contributed by atoms with van der Waals surface area (Å²) in [6.07, 6.45) is 5.35. The molecular formula is C22H25FN4S. The Kier molecular flexibility index (Phi) is 4.75. The average Bonchev–Trinajstić information content (AvgIpc) is 3.25. The van der Waals surface area contributed by atoms with Crippen LogP contribution in [0.5, 0.6) is 0 Å². The monoisotopic (exact) mass is 396 g/mol. The van der Waals surface area contributed by atoms with E-state index in [-0.39, 0.29) is 17.9 Å². The van der Waals surface area contributed by atoms with Gasteiger partial charge in [0.1, 0.15) is 11.9 Å². The van der Waals surface area contributed by atoms with Gasteiger partial charge in [0.15, 0.2) is 5.17 Å². The molecule has 1 aromatic carbocycles. The van der Waals surface area contributed by atoms with Crippen LogP contribution in [0.4, 0.5) is 10.1 Å². The summed E-state index contributed by atoms with van der Waals surface area (Å²) in [5, 5.41) is 1.57. The van der Waals surface area contributed by atoms with E-state index in [9.17, 15) is 0 Å². The second-order valence-corrected chi connectivity index (χ2v) is 9.30. The predicted octanol–water partition coefficient (Wildman–Crippen LogP) is 4.80. The summed E-state index contributed by atoms with van der Waals surface area (Å²) in [7, 11) is 0. The molecule has 4 heterocycles. The number of anilines is 1. The van der Waals surface area contributed by atoms with Crippen molar-refractivity contribution in [2.45, 2.75) is 43.5 Å². The standard InChI is InChI=1S/C22H25FN4S/c1-15-14-27-21(20(25-22(27)28-15)18-7-3-4-10-24-18)16-8-9-19(17(23)13-16)26-11-5-2-6-12-26/h3-4,7-10,13,15,20-21H,2,5-6,11-12,14H2,1H3/t15-,20-,21-/m0/s1. The van der Waals surface area contributed by atoms with Crippen LogP contribution >= 0.6 is 11.8 Å². The Morgan fingerprint density at radius 2 is 1.96 bits per heavy atom. The lowest BCUT2D eigenvalue weighted by Crippen LogP contribution is -2.31. The molecule has 0 radical (unpaired) electrons. The lowest BCUT2D eigenvalue weighted by atomic mass is 9.95. The highest BCUT2D eigenvalue weighted by molar-refractivity contribution is 8.14. The minimum Gasteiger partial charge on any atom is -0.369 e. The van der Waals surface area contributed by atoms with E-state index in [1.165, 1.54) is 6.42 Å². The molecule has 2 fully saturated rings. The van der Waals surface area contributed by atoms with Crippen molar-refractivity contribution in [2.24, 2.45) is 4.99 Å². The van der Waals surface area contributed by atoms with Crippen LogP contribution in [0.15, 0.2) is 47.6 Å². The number of amidine groups is 1. The fourth-order valence-electron chi connectivity index (χ4n) is 4.58. The summed E-state index contributed by atoms with van der Waals surface area (Å²) >= 11 is 1.81. The Hall–Kier alpha value is -2.08. The number of hydrogen-bond donors (Lipinski definition) is 0. The number of nitrogens with zero attached hydrogens (tertiary/aromatic N) is 4. The number of aromatic nitrogens is 1. The van der Waals surface area contributed by atoms with Crippen molar-refractivity contribution in [3.8, 4) is 0 Å². The molecule has 0 saturated carbocycles. The first-order valence-electron chi connectivity index (χ1n) is 10.2. The van der Waals surface area contributed by atoms with E-state index in [1.807, 2.05) is 42.2 Å². The lowest BCUT2D eigenvalue weighted by molar-refractivity contribution is 0.320. The van der Waals surface area contributed by atoms with Crippen LogP contribution in [-0.2, 0) is 0 Å². The van der Waals surface area contributed by atoms with Gasteiger partial charge < -0.3 is 9.80 Å². The smallest absolute Gasteiger partial charge is 0.160 e. The van der Waals surface area contributed by atoms with E-state index in [4.69, 9.17) is 4.99 Å². The van der Waals surface area contributed by atoms with Crippen LogP contribution in [0.1, 0.15) is 49.5 Å². The van der Waals surface area contributed by atoms with E-state index >= 15 is 4.39 Å². The van der Waals surface area contributed by atoms with Crippen LogP contribution in [0.2, 0.25) is 0 Å². The number of pyridine rings is 1. The maximum absolute atomic E-state index is 15.1. The van der Waals surface area contributed by atoms with Crippen molar-refractivity contribution in [2.75, 3.05) is 24.5 Å². The third-order valence-electron chi connectivity index (χ3n) is 5.89. The lowest BCUT2D eigenvalue weighted by Gasteiger charge is -2.31. The zero-order valence-corrected chi connectivity index (χ0v) is 16.9. The van der Waals surface area contributed by atoms with Gasteiger partial charge in [-0.1, -0.05) is 30.8 Å². The second kappa shape index (κ2) is 7.39. The molecule has 3 aliphatic heterocycles. The van der Waals surface area contributed by atoms with Crippen molar-refractivity contribution in [3.05, 3.63) is 59.7 Å². The third kappa shape index (κ3) is 3.17. The SMILES string of the molecule is C[C@H]1CN2C(=N[C@@H](c3ccccn3)[C@@H]2c2ccc(N3CCCCC3)c(F)c2)S1. The summed E-state index contributed by atoms with van der Waals surface area (Å²) in [6.45, 7) is 5.05. The Bertz CT molecular complexity index is 881. The molecule has 1 aromatic heterocycles. The first kappa shape index (κ1) is 18.0. The second-order valence-electron chi connectivity index (χ2n) is 7.90. The Balaban J connectivity index is 1.50. The average molecular weight is 397 g/mol. The van der Waals surface area contributed by atoms with Gasteiger partial charge in [0.05, 0.1) is 17.4 Å². The highest BCUT2D eigenvalue weighted by Crippen LogP contribution is 2.47. The molecule has 0 bridgehead atoms. The van der Waals surface area contributed by atoms with Gasteiger partial charge in [0, 0.05) is 31.1 Å². The van der Waals surface area contributed by atoms with E-state index < -0.39 is 0 Å². The Morgan fingerprint density at radius 3 is 2.71 bits per heavy atom. The van der Waals surface area contributed by atoms with Crippen LogP contribution in [0, 0.1) is 5.82 Å². The highest BCUT2D eigenvalue weighted by atomic mass is 32.2. The first-order valence-corrected chi connectivity index (χ1v) is 11.0. The summed E-state index contributed by atoms with van der Waals surface area (Å²) in [5.41, 5.74) is 2.67. The fraction of sp³-hybridized carbons (Fsp3) is 0.455. The number of piperidine rings is 1. The van der Waals surface area contributed by atoms with Crippen LogP contribution in [0.3, 0.4) is 0 Å². The molecule has 3 aliphatic rings. The molecule has 28 heavy (non-hydrogen) atoms. The first-order chi connectivity index (χ1) is 13.7. The van der Waals surface area contributed by atoms with E-state index in [1.54, 1.807) is 6.07 Å². The molecule has 6 heteroatoms. The molecule has 0 amide bonds. The normalized spacial score (nSPS) is 27.1.